The van der Waals surface area contributed by atoms with Gasteiger partial charge in [-0.3, -0.25) is 4.90 Å². The van der Waals surface area contributed by atoms with Crippen LogP contribution in [0.1, 0.15) is 25.5 Å². The van der Waals surface area contributed by atoms with Gasteiger partial charge in [-0.25, -0.2) is 4.98 Å². The summed E-state index contributed by atoms with van der Waals surface area (Å²) in [4.78, 5) is 6.99. The zero-order valence-electron chi connectivity index (χ0n) is 10.2. The highest BCUT2D eigenvalue weighted by molar-refractivity contribution is 5.35. The Morgan fingerprint density at radius 1 is 1.38 bits per heavy atom. The van der Waals surface area contributed by atoms with Gasteiger partial charge in [-0.05, 0) is 51.9 Å². The Hall–Kier alpha value is -1.09. The molecule has 0 spiro atoms. The van der Waals surface area contributed by atoms with E-state index in [0.29, 0.717) is 6.04 Å². The summed E-state index contributed by atoms with van der Waals surface area (Å²) in [5, 5.41) is 3.41. The maximum absolute atomic E-state index is 4.44. The molecule has 3 nitrogen and oxygen atoms in total. The number of likely N-dealkylation sites (tertiary alicyclic amines) is 1. The Morgan fingerprint density at radius 3 is 2.81 bits per heavy atom. The molecular weight excluding hydrogens is 198 g/mol. The van der Waals surface area contributed by atoms with Gasteiger partial charge in [0.1, 0.15) is 5.82 Å². The third-order valence-corrected chi connectivity index (χ3v) is 3.23. The lowest BCUT2D eigenvalue weighted by atomic mass is 10.3. The van der Waals surface area contributed by atoms with E-state index in [4.69, 9.17) is 0 Å². The average molecular weight is 219 g/mol. The van der Waals surface area contributed by atoms with Crippen LogP contribution in [0.25, 0.3) is 0 Å². The third kappa shape index (κ3) is 2.95. The molecule has 0 saturated carbocycles. The molecular formula is C13H21N3. The fourth-order valence-corrected chi connectivity index (χ4v) is 2.21. The first-order chi connectivity index (χ1) is 7.75. The van der Waals surface area contributed by atoms with Gasteiger partial charge in [0, 0.05) is 18.3 Å². The molecule has 0 radical (unpaired) electrons. The largest absolute Gasteiger partial charge is 0.369 e. The summed E-state index contributed by atoms with van der Waals surface area (Å²) in [6.07, 6.45) is 2.71. The van der Waals surface area contributed by atoms with Crippen molar-refractivity contribution in [2.24, 2.45) is 0 Å². The molecule has 0 aromatic carbocycles. The van der Waals surface area contributed by atoms with Crippen LogP contribution in [0.4, 0.5) is 5.82 Å². The monoisotopic (exact) mass is 219 g/mol. The number of rotatable bonds is 4. The predicted octanol–water partition coefficient (Wildman–Crippen LogP) is 2.29. The summed E-state index contributed by atoms with van der Waals surface area (Å²) in [6.45, 7) is 7.80. The lowest BCUT2D eigenvalue weighted by molar-refractivity contribution is 0.269. The van der Waals surface area contributed by atoms with Crippen LogP contribution in [0, 0.1) is 6.92 Å². The molecule has 0 aliphatic carbocycles. The van der Waals surface area contributed by atoms with E-state index in [-0.39, 0.29) is 0 Å². The lowest BCUT2D eigenvalue weighted by Crippen LogP contribution is -2.35. The first-order valence-corrected chi connectivity index (χ1v) is 6.17. The quantitative estimate of drug-likeness (QED) is 0.842. The molecule has 1 atom stereocenters. The van der Waals surface area contributed by atoms with E-state index in [2.05, 4.69) is 22.1 Å². The highest BCUT2D eigenvalue weighted by Crippen LogP contribution is 2.12. The van der Waals surface area contributed by atoms with Crippen molar-refractivity contribution >= 4 is 5.82 Å². The minimum absolute atomic E-state index is 0.602. The first-order valence-electron chi connectivity index (χ1n) is 6.17. The molecule has 2 rings (SSSR count). The van der Waals surface area contributed by atoms with E-state index in [1.54, 1.807) is 0 Å². The van der Waals surface area contributed by atoms with Gasteiger partial charge in [0.15, 0.2) is 0 Å². The number of hydrogen-bond donors (Lipinski definition) is 1. The van der Waals surface area contributed by atoms with Gasteiger partial charge in [-0.1, -0.05) is 6.07 Å². The van der Waals surface area contributed by atoms with Gasteiger partial charge in [0.05, 0.1) is 0 Å². The summed E-state index contributed by atoms with van der Waals surface area (Å²) in [6, 6.07) is 6.70. The molecule has 2 heterocycles. The summed E-state index contributed by atoms with van der Waals surface area (Å²) in [5.41, 5.74) is 1.07. The van der Waals surface area contributed by atoms with E-state index >= 15 is 0 Å². The van der Waals surface area contributed by atoms with Crippen molar-refractivity contribution < 1.29 is 0 Å². The topological polar surface area (TPSA) is 28.2 Å². The van der Waals surface area contributed by atoms with Crippen LogP contribution in [-0.2, 0) is 0 Å². The summed E-state index contributed by atoms with van der Waals surface area (Å²) in [7, 11) is 0. The molecule has 3 heteroatoms. The smallest absolute Gasteiger partial charge is 0.126 e. The van der Waals surface area contributed by atoms with Crippen molar-refractivity contribution in [2.75, 3.05) is 25.0 Å². The molecule has 1 fully saturated rings. The number of hydrogen-bond acceptors (Lipinski definition) is 3. The molecule has 1 aliphatic heterocycles. The molecule has 0 amide bonds. The van der Waals surface area contributed by atoms with Crippen molar-refractivity contribution in [1.82, 2.24) is 9.88 Å². The van der Waals surface area contributed by atoms with Crippen LogP contribution >= 0.6 is 0 Å². The van der Waals surface area contributed by atoms with Crippen molar-refractivity contribution in [3.8, 4) is 0 Å². The molecule has 1 N–H and O–H groups in total. The van der Waals surface area contributed by atoms with Gasteiger partial charge in [0.25, 0.3) is 0 Å². The van der Waals surface area contributed by atoms with Crippen LogP contribution in [0.15, 0.2) is 18.2 Å². The molecule has 16 heavy (non-hydrogen) atoms. The Kier molecular flexibility index (Phi) is 3.78. The van der Waals surface area contributed by atoms with Crippen molar-refractivity contribution in [2.45, 2.75) is 32.7 Å². The number of nitrogens with zero attached hydrogens (tertiary/aromatic N) is 2. The van der Waals surface area contributed by atoms with Crippen molar-refractivity contribution in [1.29, 1.82) is 0 Å². The summed E-state index contributed by atoms with van der Waals surface area (Å²) >= 11 is 0. The van der Waals surface area contributed by atoms with Crippen molar-refractivity contribution in [3.05, 3.63) is 23.9 Å². The first kappa shape index (κ1) is 11.4. The Balaban J connectivity index is 1.82. The Bertz CT molecular complexity index is 332. The van der Waals surface area contributed by atoms with E-state index in [1.807, 2.05) is 25.1 Å². The van der Waals surface area contributed by atoms with Crippen LogP contribution in [0.2, 0.25) is 0 Å². The average Bonchev–Trinajstić information content (AvgIpc) is 2.79. The van der Waals surface area contributed by atoms with Crippen LogP contribution < -0.4 is 5.32 Å². The second kappa shape index (κ2) is 5.30. The third-order valence-electron chi connectivity index (χ3n) is 3.23. The summed E-state index contributed by atoms with van der Waals surface area (Å²) < 4.78 is 0. The number of pyridine rings is 1. The standard InChI is InChI=1S/C13H21N3/c1-11-6-5-7-13(15-11)14-10-12(2)16-8-3-4-9-16/h5-7,12H,3-4,8-10H2,1-2H3,(H,14,15). The minimum Gasteiger partial charge on any atom is -0.369 e. The zero-order chi connectivity index (χ0) is 11.4. The van der Waals surface area contributed by atoms with Crippen molar-refractivity contribution in [3.63, 3.8) is 0 Å². The maximum Gasteiger partial charge on any atom is 0.126 e. The fraction of sp³-hybridized carbons (Fsp3) is 0.615. The Morgan fingerprint density at radius 2 is 2.12 bits per heavy atom. The molecule has 1 unspecified atom stereocenters. The van der Waals surface area contributed by atoms with E-state index in [9.17, 15) is 0 Å². The van der Waals surface area contributed by atoms with E-state index in [0.717, 1.165) is 18.1 Å². The van der Waals surface area contributed by atoms with E-state index < -0.39 is 0 Å². The number of anilines is 1. The Labute approximate surface area is 97.9 Å². The number of aromatic nitrogens is 1. The fourth-order valence-electron chi connectivity index (χ4n) is 2.21. The van der Waals surface area contributed by atoms with Crippen LogP contribution in [0.5, 0.6) is 0 Å². The molecule has 1 aromatic rings. The number of nitrogens with one attached hydrogen (secondary N) is 1. The SMILES string of the molecule is Cc1cccc(NCC(C)N2CCCC2)n1. The second-order valence-corrected chi connectivity index (χ2v) is 4.64. The van der Waals surface area contributed by atoms with Gasteiger partial charge in [0.2, 0.25) is 0 Å². The highest BCUT2D eigenvalue weighted by atomic mass is 15.2. The van der Waals surface area contributed by atoms with E-state index in [1.165, 1.54) is 25.9 Å². The molecule has 1 aliphatic rings. The maximum atomic E-state index is 4.44. The summed E-state index contributed by atoms with van der Waals surface area (Å²) in [5.74, 6) is 0.992. The lowest BCUT2D eigenvalue weighted by Gasteiger charge is -2.24. The highest BCUT2D eigenvalue weighted by Gasteiger charge is 2.17. The molecule has 1 aromatic heterocycles. The molecule has 88 valence electrons. The molecule has 1 saturated heterocycles. The minimum atomic E-state index is 0.602. The predicted molar refractivity (Wildman–Crippen MR) is 67.7 cm³/mol. The van der Waals surface area contributed by atoms with Gasteiger partial charge in [-0.2, -0.15) is 0 Å². The van der Waals surface area contributed by atoms with Gasteiger partial charge < -0.3 is 5.32 Å². The second-order valence-electron chi connectivity index (χ2n) is 4.64. The molecule has 0 bridgehead atoms. The zero-order valence-corrected chi connectivity index (χ0v) is 10.2. The normalized spacial score (nSPS) is 18.6. The number of aryl methyl sites for hydroxylation is 1. The van der Waals surface area contributed by atoms with Crippen LogP contribution in [-0.4, -0.2) is 35.6 Å². The van der Waals surface area contributed by atoms with Gasteiger partial charge >= 0.3 is 0 Å². The van der Waals surface area contributed by atoms with Crippen LogP contribution in [0.3, 0.4) is 0 Å². The van der Waals surface area contributed by atoms with Gasteiger partial charge in [-0.15, -0.1) is 0 Å².